The number of nitrogens with zero attached hydrogens (tertiary/aromatic N) is 1. The molecule has 1 rings (SSSR count). The zero-order chi connectivity index (χ0) is 18.0. The highest BCUT2D eigenvalue weighted by Crippen LogP contribution is 2.25. The van der Waals surface area contributed by atoms with Crippen LogP contribution >= 0.6 is 11.6 Å². The molecule has 2 heteroatoms. The van der Waals surface area contributed by atoms with Crippen molar-refractivity contribution in [2.45, 2.75) is 115 Å². The Balaban J connectivity index is 1.77. The Labute approximate surface area is 162 Å². The molecule has 1 heterocycles. The molecule has 0 fully saturated rings. The van der Waals surface area contributed by atoms with Crippen LogP contribution in [-0.2, 0) is 0 Å². The van der Waals surface area contributed by atoms with Gasteiger partial charge in [0.1, 0.15) is 0 Å². The number of hydrogen-bond acceptors (Lipinski definition) is 1. The van der Waals surface area contributed by atoms with Crippen LogP contribution in [0.25, 0.3) is 0 Å². The molecule has 1 nitrogen and oxygen atoms in total. The number of alkyl halides is 1. The minimum atomic E-state index is 0.0863. The van der Waals surface area contributed by atoms with E-state index in [0.29, 0.717) is 0 Å². The number of pyridine rings is 1. The highest BCUT2D eigenvalue weighted by Gasteiger charge is 2.07. The summed E-state index contributed by atoms with van der Waals surface area (Å²) >= 11 is 6.40. The lowest BCUT2D eigenvalue weighted by Crippen LogP contribution is -1.93. The van der Waals surface area contributed by atoms with E-state index in [0.717, 1.165) is 12.1 Å². The third-order valence-electron chi connectivity index (χ3n) is 5.07. The number of rotatable bonds is 17. The van der Waals surface area contributed by atoms with Gasteiger partial charge in [-0.2, -0.15) is 0 Å². The maximum Gasteiger partial charge on any atom is 0.0757 e. The molecule has 0 bridgehead atoms. The minimum Gasteiger partial charge on any atom is -0.260 e. The number of unbranched alkanes of at least 4 members (excludes halogenated alkanes) is 14. The fourth-order valence-electron chi connectivity index (χ4n) is 3.40. The van der Waals surface area contributed by atoms with E-state index >= 15 is 0 Å². The Hall–Kier alpha value is -0.560. The van der Waals surface area contributed by atoms with E-state index < -0.39 is 0 Å². The van der Waals surface area contributed by atoms with Gasteiger partial charge in [0.25, 0.3) is 0 Å². The molecule has 0 aliphatic carbocycles. The Morgan fingerprint density at radius 3 is 1.64 bits per heavy atom. The summed E-state index contributed by atoms with van der Waals surface area (Å²) < 4.78 is 0. The van der Waals surface area contributed by atoms with Gasteiger partial charge in [-0.1, -0.05) is 109 Å². The molecule has 0 amide bonds. The molecule has 0 saturated heterocycles. The van der Waals surface area contributed by atoms with Crippen molar-refractivity contribution in [1.82, 2.24) is 4.98 Å². The van der Waals surface area contributed by atoms with Crippen molar-refractivity contribution < 1.29 is 0 Å². The van der Waals surface area contributed by atoms with E-state index in [-0.39, 0.29) is 5.38 Å². The average molecular weight is 366 g/mol. The van der Waals surface area contributed by atoms with Gasteiger partial charge in [0, 0.05) is 6.20 Å². The Morgan fingerprint density at radius 1 is 0.720 bits per heavy atom. The third kappa shape index (κ3) is 13.3. The third-order valence-corrected chi connectivity index (χ3v) is 5.51. The standard InChI is InChI=1S/C23H40ClN/c1-2-3-4-5-6-7-8-9-10-11-12-13-14-15-16-19-22(24)23-20-17-18-21-25-23/h17-18,20-22H,2-16,19H2,1H3. The zero-order valence-corrected chi connectivity index (χ0v) is 17.3. The highest BCUT2D eigenvalue weighted by molar-refractivity contribution is 6.20. The molecule has 0 aliphatic heterocycles. The van der Waals surface area contributed by atoms with Gasteiger partial charge in [0.05, 0.1) is 11.1 Å². The quantitative estimate of drug-likeness (QED) is 0.199. The Bertz CT molecular complexity index is 379. The second kappa shape index (κ2) is 16.9. The summed E-state index contributed by atoms with van der Waals surface area (Å²) in [6.07, 6.45) is 24.0. The molecular formula is C23H40ClN. The molecule has 1 aromatic rings. The normalized spacial score (nSPS) is 12.4. The second-order valence-electron chi connectivity index (χ2n) is 7.46. The number of halogens is 1. The van der Waals surface area contributed by atoms with Crippen molar-refractivity contribution in [3.8, 4) is 0 Å². The molecule has 0 N–H and O–H groups in total. The second-order valence-corrected chi connectivity index (χ2v) is 7.99. The van der Waals surface area contributed by atoms with Gasteiger partial charge in [-0.3, -0.25) is 4.98 Å². The van der Waals surface area contributed by atoms with Crippen molar-refractivity contribution in [3.63, 3.8) is 0 Å². The maximum absolute atomic E-state index is 6.40. The Morgan fingerprint density at radius 2 is 1.20 bits per heavy atom. The van der Waals surface area contributed by atoms with Crippen LogP contribution in [-0.4, -0.2) is 4.98 Å². The first-order valence-corrected chi connectivity index (χ1v) is 11.3. The lowest BCUT2D eigenvalue weighted by atomic mass is 10.0. The summed E-state index contributed by atoms with van der Waals surface area (Å²) in [5, 5.41) is 0.0863. The van der Waals surface area contributed by atoms with Gasteiger partial charge in [0.2, 0.25) is 0 Å². The van der Waals surface area contributed by atoms with Gasteiger partial charge in [-0.15, -0.1) is 11.6 Å². The highest BCUT2D eigenvalue weighted by atomic mass is 35.5. The largest absolute Gasteiger partial charge is 0.260 e. The van der Waals surface area contributed by atoms with Crippen LogP contribution in [0.4, 0.5) is 0 Å². The molecule has 0 aliphatic rings. The molecule has 0 radical (unpaired) electrons. The summed E-state index contributed by atoms with van der Waals surface area (Å²) in [5.74, 6) is 0. The van der Waals surface area contributed by atoms with Crippen LogP contribution < -0.4 is 0 Å². The van der Waals surface area contributed by atoms with E-state index in [2.05, 4.69) is 11.9 Å². The zero-order valence-electron chi connectivity index (χ0n) is 16.5. The first-order valence-electron chi connectivity index (χ1n) is 10.9. The van der Waals surface area contributed by atoms with E-state index in [1.807, 2.05) is 24.4 Å². The van der Waals surface area contributed by atoms with E-state index in [4.69, 9.17) is 11.6 Å². The molecule has 1 unspecified atom stereocenters. The van der Waals surface area contributed by atoms with Gasteiger partial charge in [-0.05, 0) is 18.6 Å². The van der Waals surface area contributed by atoms with Crippen molar-refractivity contribution in [3.05, 3.63) is 30.1 Å². The van der Waals surface area contributed by atoms with Gasteiger partial charge >= 0.3 is 0 Å². The van der Waals surface area contributed by atoms with Crippen molar-refractivity contribution in [1.29, 1.82) is 0 Å². The van der Waals surface area contributed by atoms with Gasteiger partial charge < -0.3 is 0 Å². The van der Waals surface area contributed by atoms with Gasteiger partial charge in [0.15, 0.2) is 0 Å². The van der Waals surface area contributed by atoms with Crippen molar-refractivity contribution in [2.75, 3.05) is 0 Å². The first kappa shape index (κ1) is 22.5. The maximum atomic E-state index is 6.40. The van der Waals surface area contributed by atoms with Crippen molar-refractivity contribution in [2.24, 2.45) is 0 Å². The fourth-order valence-corrected chi connectivity index (χ4v) is 3.69. The molecule has 0 saturated carbocycles. The van der Waals surface area contributed by atoms with E-state index in [1.165, 1.54) is 96.3 Å². The smallest absolute Gasteiger partial charge is 0.0757 e. The van der Waals surface area contributed by atoms with Crippen LogP contribution in [0.5, 0.6) is 0 Å². The molecule has 1 aromatic heterocycles. The number of aromatic nitrogens is 1. The predicted molar refractivity (Wildman–Crippen MR) is 112 cm³/mol. The number of hydrogen-bond donors (Lipinski definition) is 0. The molecule has 25 heavy (non-hydrogen) atoms. The topological polar surface area (TPSA) is 12.9 Å². The predicted octanol–water partition coefficient (Wildman–Crippen LogP) is 8.62. The minimum absolute atomic E-state index is 0.0863. The first-order chi connectivity index (χ1) is 12.3. The summed E-state index contributed by atoms with van der Waals surface area (Å²) in [5.41, 5.74) is 1.02. The summed E-state index contributed by atoms with van der Waals surface area (Å²) in [6, 6.07) is 5.99. The lowest BCUT2D eigenvalue weighted by Gasteiger charge is -2.08. The van der Waals surface area contributed by atoms with Gasteiger partial charge in [-0.25, -0.2) is 0 Å². The van der Waals surface area contributed by atoms with Crippen LogP contribution in [0.2, 0.25) is 0 Å². The molecular weight excluding hydrogens is 326 g/mol. The lowest BCUT2D eigenvalue weighted by molar-refractivity contribution is 0.528. The van der Waals surface area contributed by atoms with Crippen LogP contribution in [0, 0.1) is 0 Å². The molecule has 0 aromatic carbocycles. The average Bonchev–Trinajstić information content (AvgIpc) is 2.65. The molecule has 0 spiro atoms. The Kier molecular flexibility index (Phi) is 15.2. The van der Waals surface area contributed by atoms with E-state index in [1.54, 1.807) is 0 Å². The SMILES string of the molecule is CCCCCCCCCCCCCCCCCC(Cl)c1ccccn1. The fraction of sp³-hybridized carbons (Fsp3) is 0.783. The van der Waals surface area contributed by atoms with Crippen LogP contribution in [0.15, 0.2) is 24.4 Å². The monoisotopic (exact) mass is 365 g/mol. The van der Waals surface area contributed by atoms with Crippen LogP contribution in [0.3, 0.4) is 0 Å². The van der Waals surface area contributed by atoms with Crippen molar-refractivity contribution >= 4 is 11.6 Å². The van der Waals surface area contributed by atoms with Crippen LogP contribution in [0.1, 0.15) is 121 Å². The molecule has 1 atom stereocenters. The molecule has 144 valence electrons. The summed E-state index contributed by atoms with van der Waals surface area (Å²) in [4.78, 5) is 4.34. The summed E-state index contributed by atoms with van der Waals surface area (Å²) in [6.45, 7) is 2.29. The summed E-state index contributed by atoms with van der Waals surface area (Å²) in [7, 11) is 0. The van der Waals surface area contributed by atoms with E-state index in [9.17, 15) is 0 Å².